The van der Waals surface area contributed by atoms with E-state index in [1.54, 1.807) is 16.7 Å². The molecule has 2 N–H and O–H groups in total. The summed E-state index contributed by atoms with van der Waals surface area (Å²) in [5.74, 6) is 0.482. The summed E-state index contributed by atoms with van der Waals surface area (Å²) in [7, 11) is 0. The molecule has 1 spiro atoms. The summed E-state index contributed by atoms with van der Waals surface area (Å²) < 4.78 is 0. The van der Waals surface area contributed by atoms with Gasteiger partial charge in [-0.1, -0.05) is 0 Å². The molecule has 94 valence electrons. The van der Waals surface area contributed by atoms with Gasteiger partial charge in [0.2, 0.25) is 5.91 Å². The van der Waals surface area contributed by atoms with Crippen LogP contribution in [0.3, 0.4) is 0 Å². The Hall–Kier alpha value is -1.59. The van der Waals surface area contributed by atoms with Crippen molar-refractivity contribution in [3.05, 3.63) is 0 Å². The Labute approximate surface area is 100 Å². The highest BCUT2D eigenvalue weighted by Crippen LogP contribution is 2.33. The molecule has 0 bridgehead atoms. The molecule has 2 aliphatic heterocycles. The van der Waals surface area contributed by atoms with E-state index < -0.39 is 5.54 Å². The monoisotopic (exact) mass is 238 g/mol. The molecule has 2 heterocycles. The molecule has 0 unspecified atom stereocenters. The zero-order valence-electron chi connectivity index (χ0n) is 10.3. The van der Waals surface area contributed by atoms with Crippen LogP contribution in [0.15, 0.2) is 4.99 Å². The minimum Gasteiger partial charge on any atom is -0.385 e. The summed E-state index contributed by atoms with van der Waals surface area (Å²) >= 11 is 0. The number of rotatable bonds is 1. The number of amides is 3. The Morgan fingerprint density at radius 1 is 1.47 bits per heavy atom. The number of likely N-dealkylation sites (tertiary alicyclic amines) is 1. The predicted molar refractivity (Wildman–Crippen MR) is 63.6 cm³/mol. The van der Waals surface area contributed by atoms with Gasteiger partial charge in [0.25, 0.3) is 0 Å². The van der Waals surface area contributed by atoms with Gasteiger partial charge in [-0.05, 0) is 19.8 Å². The molecule has 0 saturated carbocycles. The number of hydrogen-bond donors (Lipinski definition) is 1. The largest absolute Gasteiger partial charge is 0.385 e. The number of likely N-dealkylation sites (N-methyl/N-ethyl adjacent to an activating group) is 1. The predicted octanol–water partition coefficient (Wildman–Crippen LogP) is 0.180. The number of carbonyl (C=O) groups excluding carboxylic acids is 2. The average Bonchev–Trinajstić information content (AvgIpc) is 2.51. The lowest BCUT2D eigenvalue weighted by molar-refractivity contribution is -0.130. The first-order valence-electron chi connectivity index (χ1n) is 5.93. The fourth-order valence-electron chi connectivity index (χ4n) is 2.74. The first kappa shape index (κ1) is 11.9. The maximum atomic E-state index is 11.7. The molecule has 17 heavy (non-hydrogen) atoms. The van der Waals surface area contributed by atoms with E-state index in [1.165, 1.54) is 0 Å². The Balaban J connectivity index is 2.19. The second kappa shape index (κ2) is 4.01. The van der Waals surface area contributed by atoms with Crippen LogP contribution in [0.5, 0.6) is 0 Å². The molecule has 0 radical (unpaired) electrons. The molecule has 1 saturated heterocycles. The zero-order valence-corrected chi connectivity index (χ0v) is 10.3. The van der Waals surface area contributed by atoms with Crippen LogP contribution >= 0.6 is 0 Å². The molecule has 3 amide bonds. The van der Waals surface area contributed by atoms with E-state index in [0.29, 0.717) is 38.3 Å². The van der Waals surface area contributed by atoms with Crippen molar-refractivity contribution < 1.29 is 9.59 Å². The number of piperidine rings is 1. The molecule has 6 heteroatoms. The molecular weight excluding hydrogens is 220 g/mol. The van der Waals surface area contributed by atoms with Gasteiger partial charge in [-0.25, -0.2) is 4.79 Å². The van der Waals surface area contributed by atoms with Gasteiger partial charge in [-0.15, -0.1) is 0 Å². The Kier molecular flexibility index (Phi) is 2.81. The number of amidine groups is 1. The summed E-state index contributed by atoms with van der Waals surface area (Å²) in [6, 6.07) is -0.249. The highest BCUT2D eigenvalue weighted by Gasteiger charge is 2.49. The van der Waals surface area contributed by atoms with Crippen LogP contribution in [0.4, 0.5) is 4.79 Å². The maximum absolute atomic E-state index is 11.7. The normalized spacial score (nSPS) is 23.2. The second-order valence-corrected chi connectivity index (χ2v) is 4.56. The first-order chi connectivity index (χ1) is 8.01. The molecule has 0 aromatic rings. The van der Waals surface area contributed by atoms with E-state index in [9.17, 15) is 9.59 Å². The maximum Gasteiger partial charge on any atom is 0.346 e. The fraction of sp³-hybridized carbons (Fsp3) is 0.727. The van der Waals surface area contributed by atoms with Crippen LogP contribution in [-0.2, 0) is 4.79 Å². The van der Waals surface area contributed by atoms with Crippen LogP contribution in [0.2, 0.25) is 0 Å². The van der Waals surface area contributed by atoms with Crippen LogP contribution in [0, 0.1) is 0 Å². The van der Waals surface area contributed by atoms with Crippen molar-refractivity contribution in [2.75, 3.05) is 19.6 Å². The Bertz CT molecular complexity index is 383. The molecule has 1 fully saturated rings. The fourth-order valence-corrected chi connectivity index (χ4v) is 2.74. The van der Waals surface area contributed by atoms with Gasteiger partial charge >= 0.3 is 6.03 Å². The van der Waals surface area contributed by atoms with Crippen molar-refractivity contribution in [2.45, 2.75) is 32.2 Å². The molecule has 0 aromatic heterocycles. The number of nitrogens with zero attached hydrogens (tertiary/aromatic N) is 3. The van der Waals surface area contributed by atoms with E-state index in [0.717, 1.165) is 0 Å². The Morgan fingerprint density at radius 2 is 2.06 bits per heavy atom. The van der Waals surface area contributed by atoms with Crippen LogP contribution in [0.1, 0.15) is 26.7 Å². The van der Waals surface area contributed by atoms with Crippen molar-refractivity contribution in [3.8, 4) is 0 Å². The van der Waals surface area contributed by atoms with E-state index in [1.807, 2.05) is 6.92 Å². The van der Waals surface area contributed by atoms with E-state index >= 15 is 0 Å². The molecule has 0 atom stereocenters. The molecule has 0 aliphatic carbocycles. The standard InChI is InChI=1S/C11H18N4O2/c1-3-15-10(17)13-9(12)11(15)4-6-14(7-5-11)8(2)16/h3-7H2,1-2H3,(H2,12,13,17). The number of aliphatic imine (C=N–C) groups is 1. The molecule has 6 nitrogen and oxygen atoms in total. The third-order valence-electron chi connectivity index (χ3n) is 3.79. The van der Waals surface area contributed by atoms with Gasteiger partial charge < -0.3 is 15.5 Å². The lowest BCUT2D eigenvalue weighted by atomic mass is 9.85. The van der Waals surface area contributed by atoms with Crippen molar-refractivity contribution in [1.29, 1.82) is 0 Å². The highest BCUT2D eigenvalue weighted by molar-refractivity contribution is 6.06. The Morgan fingerprint density at radius 3 is 2.53 bits per heavy atom. The third-order valence-corrected chi connectivity index (χ3v) is 3.79. The van der Waals surface area contributed by atoms with Gasteiger partial charge in [0.15, 0.2) is 0 Å². The summed E-state index contributed by atoms with van der Waals surface area (Å²) in [6.45, 7) is 5.35. The van der Waals surface area contributed by atoms with Gasteiger partial charge in [0.1, 0.15) is 11.4 Å². The number of hydrogen-bond acceptors (Lipinski definition) is 3. The molecule has 2 aliphatic rings. The number of nitrogens with two attached hydrogens (primary N) is 1. The van der Waals surface area contributed by atoms with Crippen LogP contribution in [0.25, 0.3) is 0 Å². The minimum atomic E-state index is -0.447. The summed E-state index contributed by atoms with van der Waals surface area (Å²) in [6.07, 6.45) is 1.36. The highest BCUT2D eigenvalue weighted by atomic mass is 16.2. The van der Waals surface area contributed by atoms with Crippen molar-refractivity contribution in [2.24, 2.45) is 10.7 Å². The van der Waals surface area contributed by atoms with Gasteiger partial charge in [-0.3, -0.25) is 4.79 Å². The minimum absolute atomic E-state index is 0.0720. The summed E-state index contributed by atoms with van der Waals surface area (Å²) in [4.78, 5) is 30.3. The zero-order chi connectivity index (χ0) is 12.6. The molecule has 2 rings (SSSR count). The van der Waals surface area contributed by atoms with E-state index in [2.05, 4.69) is 4.99 Å². The first-order valence-corrected chi connectivity index (χ1v) is 5.93. The average molecular weight is 238 g/mol. The number of carbonyl (C=O) groups is 2. The lowest BCUT2D eigenvalue weighted by Crippen LogP contribution is -2.60. The SMILES string of the molecule is CCN1C(=O)N=C(N)C12CCN(C(C)=O)CC2. The quantitative estimate of drug-likeness (QED) is 0.707. The van der Waals surface area contributed by atoms with E-state index in [4.69, 9.17) is 5.73 Å². The molecular formula is C11H18N4O2. The van der Waals surface area contributed by atoms with Crippen molar-refractivity contribution in [1.82, 2.24) is 9.80 Å². The van der Waals surface area contributed by atoms with Gasteiger partial charge in [0.05, 0.1) is 0 Å². The van der Waals surface area contributed by atoms with E-state index in [-0.39, 0.29) is 11.9 Å². The van der Waals surface area contributed by atoms with Gasteiger partial charge in [-0.2, -0.15) is 4.99 Å². The third kappa shape index (κ3) is 1.67. The van der Waals surface area contributed by atoms with Crippen molar-refractivity contribution in [3.63, 3.8) is 0 Å². The topological polar surface area (TPSA) is 79.0 Å². The second-order valence-electron chi connectivity index (χ2n) is 4.56. The van der Waals surface area contributed by atoms with Crippen molar-refractivity contribution >= 4 is 17.8 Å². The van der Waals surface area contributed by atoms with Crippen LogP contribution < -0.4 is 5.73 Å². The van der Waals surface area contributed by atoms with Crippen LogP contribution in [-0.4, -0.2) is 52.7 Å². The lowest BCUT2D eigenvalue weighted by Gasteiger charge is -2.43. The smallest absolute Gasteiger partial charge is 0.346 e. The van der Waals surface area contributed by atoms with Gasteiger partial charge in [0, 0.05) is 26.6 Å². The summed E-state index contributed by atoms with van der Waals surface area (Å²) in [5.41, 5.74) is 5.46. The summed E-state index contributed by atoms with van der Waals surface area (Å²) in [5, 5.41) is 0. The number of urea groups is 1. The molecule has 0 aromatic carbocycles.